The Morgan fingerprint density at radius 2 is 2.00 bits per heavy atom. The summed E-state index contributed by atoms with van der Waals surface area (Å²) >= 11 is 7.87. The third kappa shape index (κ3) is 5.94. The molecule has 0 aliphatic rings. The molecule has 0 N–H and O–H groups in total. The summed E-state index contributed by atoms with van der Waals surface area (Å²) in [5.74, 6) is 1.77. The van der Waals surface area contributed by atoms with Crippen LogP contribution in [0.15, 0.2) is 28.7 Å². The molecule has 0 aliphatic heterocycles. The molecule has 0 saturated carbocycles. The Kier molecular flexibility index (Phi) is 7.24. The summed E-state index contributed by atoms with van der Waals surface area (Å²) in [6.07, 6.45) is 2.47. The van der Waals surface area contributed by atoms with E-state index in [9.17, 15) is 0 Å². The van der Waals surface area contributed by atoms with Crippen molar-refractivity contribution in [1.82, 2.24) is 4.90 Å². The van der Waals surface area contributed by atoms with Crippen molar-refractivity contribution in [3.63, 3.8) is 0 Å². The topological polar surface area (TPSA) is 3.24 Å². The van der Waals surface area contributed by atoms with Gasteiger partial charge in [0.1, 0.15) is 0 Å². The standard InChI is InChI=1S/C14H22BrNS/c1-12(8-10-17)7-9-16(2)11-13-5-3-4-6-14(13)15/h3-6,12,17H,7-11H2,1-2H3. The maximum absolute atomic E-state index is 4.28. The molecule has 0 fully saturated rings. The number of benzene rings is 1. The van der Waals surface area contributed by atoms with Crippen LogP contribution in [0.3, 0.4) is 0 Å². The first kappa shape index (κ1) is 15.1. The second-order valence-corrected chi connectivity index (χ2v) is 6.04. The number of rotatable bonds is 7. The molecule has 1 aromatic rings. The van der Waals surface area contributed by atoms with E-state index in [1.54, 1.807) is 0 Å². The van der Waals surface area contributed by atoms with Gasteiger partial charge in [-0.05, 0) is 49.7 Å². The van der Waals surface area contributed by atoms with Gasteiger partial charge in [-0.1, -0.05) is 41.1 Å². The van der Waals surface area contributed by atoms with Crippen molar-refractivity contribution in [1.29, 1.82) is 0 Å². The normalized spacial score (nSPS) is 13.0. The zero-order chi connectivity index (χ0) is 12.7. The maximum Gasteiger partial charge on any atom is 0.0241 e. The second-order valence-electron chi connectivity index (χ2n) is 4.74. The Morgan fingerprint density at radius 3 is 2.65 bits per heavy atom. The summed E-state index contributed by atoms with van der Waals surface area (Å²) in [6, 6.07) is 8.43. The van der Waals surface area contributed by atoms with Gasteiger partial charge in [0.25, 0.3) is 0 Å². The highest BCUT2D eigenvalue weighted by molar-refractivity contribution is 9.10. The highest BCUT2D eigenvalue weighted by atomic mass is 79.9. The zero-order valence-corrected chi connectivity index (χ0v) is 13.2. The fourth-order valence-electron chi connectivity index (χ4n) is 1.80. The third-order valence-corrected chi connectivity index (χ3v) is 4.06. The molecule has 0 spiro atoms. The molecule has 17 heavy (non-hydrogen) atoms. The van der Waals surface area contributed by atoms with Crippen molar-refractivity contribution in [2.24, 2.45) is 5.92 Å². The van der Waals surface area contributed by atoms with E-state index in [4.69, 9.17) is 0 Å². The molecule has 0 radical (unpaired) electrons. The van der Waals surface area contributed by atoms with Gasteiger partial charge in [0.2, 0.25) is 0 Å². The summed E-state index contributed by atoms with van der Waals surface area (Å²) in [4.78, 5) is 2.38. The van der Waals surface area contributed by atoms with E-state index in [0.717, 1.165) is 24.8 Å². The maximum atomic E-state index is 4.28. The van der Waals surface area contributed by atoms with Crippen molar-refractivity contribution < 1.29 is 0 Å². The molecule has 0 heterocycles. The van der Waals surface area contributed by atoms with Crippen LogP contribution >= 0.6 is 28.6 Å². The summed E-state index contributed by atoms with van der Waals surface area (Å²) in [7, 11) is 2.19. The third-order valence-electron chi connectivity index (χ3n) is 3.02. The van der Waals surface area contributed by atoms with Crippen LogP contribution in [0.25, 0.3) is 0 Å². The van der Waals surface area contributed by atoms with Crippen LogP contribution in [0.4, 0.5) is 0 Å². The minimum atomic E-state index is 0.772. The first-order valence-corrected chi connectivity index (χ1v) is 7.59. The van der Waals surface area contributed by atoms with E-state index in [0.29, 0.717) is 0 Å². The predicted octanol–water partition coefficient (Wildman–Crippen LogP) is 4.23. The highest BCUT2D eigenvalue weighted by Crippen LogP contribution is 2.18. The Hall–Kier alpha value is 0.01000. The first-order chi connectivity index (χ1) is 8.13. The van der Waals surface area contributed by atoms with Gasteiger partial charge in [0, 0.05) is 11.0 Å². The van der Waals surface area contributed by atoms with Crippen LogP contribution in [-0.4, -0.2) is 24.2 Å². The molecule has 1 nitrogen and oxygen atoms in total. The van der Waals surface area contributed by atoms with Gasteiger partial charge in [0.05, 0.1) is 0 Å². The van der Waals surface area contributed by atoms with Crippen molar-refractivity contribution >= 4 is 28.6 Å². The molecule has 0 aliphatic carbocycles. The molecule has 3 heteroatoms. The van der Waals surface area contributed by atoms with Crippen molar-refractivity contribution in [3.05, 3.63) is 34.3 Å². The fraction of sp³-hybridized carbons (Fsp3) is 0.571. The first-order valence-electron chi connectivity index (χ1n) is 6.16. The Balaban J connectivity index is 2.34. The fourth-order valence-corrected chi connectivity index (χ4v) is 2.65. The lowest BCUT2D eigenvalue weighted by atomic mass is 10.0. The van der Waals surface area contributed by atoms with E-state index in [2.05, 4.69) is 71.7 Å². The molecule has 1 unspecified atom stereocenters. The van der Waals surface area contributed by atoms with Gasteiger partial charge < -0.3 is 4.90 Å². The van der Waals surface area contributed by atoms with Gasteiger partial charge in [-0.3, -0.25) is 0 Å². The molecule has 0 amide bonds. The average Bonchev–Trinajstić information content (AvgIpc) is 2.30. The van der Waals surface area contributed by atoms with Crippen LogP contribution in [-0.2, 0) is 6.54 Å². The summed E-state index contributed by atoms with van der Waals surface area (Å²) in [6.45, 7) is 4.47. The van der Waals surface area contributed by atoms with Gasteiger partial charge in [-0.2, -0.15) is 12.6 Å². The molecule has 0 saturated heterocycles. The van der Waals surface area contributed by atoms with Crippen LogP contribution < -0.4 is 0 Å². The number of nitrogens with zero attached hydrogens (tertiary/aromatic N) is 1. The molecule has 0 bridgehead atoms. The molecule has 96 valence electrons. The quantitative estimate of drug-likeness (QED) is 0.737. The van der Waals surface area contributed by atoms with Crippen molar-refractivity contribution in [2.75, 3.05) is 19.3 Å². The Bertz CT molecular complexity index is 330. The number of hydrogen-bond acceptors (Lipinski definition) is 2. The van der Waals surface area contributed by atoms with Gasteiger partial charge >= 0.3 is 0 Å². The molecule has 1 atom stereocenters. The number of thiol groups is 1. The van der Waals surface area contributed by atoms with Crippen molar-refractivity contribution in [2.45, 2.75) is 26.3 Å². The predicted molar refractivity (Wildman–Crippen MR) is 82.7 cm³/mol. The monoisotopic (exact) mass is 315 g/mol. The Morgan fingerprint density at radius 1 is 1.29 bits per heavy atom. The lowest BCUT2D eigenvalue weighted by Crippen LogP contribution is -2.21. The molecule has 1 rings (SSSR count). The highest BCUT2D eigenvalue weighted by Gasteiger charge is 2.06. The SMILES string of the molecule is CC(CCS)CCN(C)Cc1ccccc1Br. The summed E-state index contributed by atoms with van der Waals surface area (Å²) in [5, 5.41) is 0. The number of halogens is 1. The summed E-state index contributed by atoms with van der Waals surface area (Å²) < 4.78 is 1.20. The van der Waals surface area contributed by atoms with E-state index in [1.807, 2.05) is 0 Å². The van der Waals surface area contributed by atoms with Gasteiger partial charge in [0.15, 0.2) is 0 Å². The molecular formula is C14H22BrNS. The lowest BCUT2D eigenvalue weighted by molar-refractivity contribution is 0.296. The molecular weight excluding hydrogens is 294 g/mol. The van der Waals surface area contributed by atoms with Crippen LogP contribution in [0.1, 0.15) is 25.3 Å². The molecule has 0 aromatic heterocycles. The Labute approximate surface area is 119 Å². The second kappa shape index (κ2) is 8.17. The van der Waals surface area contributed by atoms with E-state index in [-0.39, 0.29) is 0 Å². The minimum absolute atomic E-state index is 0.772. The molecule has 1 aromatic carbocycles. The van der Waals surface area contributed by atoms with E-state index < -0.39 is 0 Å². The zero-order valence-electron chi connectivity index (χ0n) is 10.7. The van der Waals surface area contributed by atoms with Crippen molar-refractivity contribution in [3.8, 4) is 0 Å². The van der Waals surface area contributed by atoms with Crippen LogP contribution in [0, 0.1) is 5.92 Å². The van der Waals surface area contributed by atoms with Gasteiger partial charge in [-0.25, -0.2) is 0 Å². The van der Waals surface area contributed by atoms with E-state index in [1.165, 1.54) is 22.9 Å². The average molecular weight is 316 g/mol. The largest absolute Gasteiger partial charge is 0.302 e. The smallest absolute Gasteiger partial charge is 0.0241 e. The minimum Gasteiger partial charge on any atom is -0.302 e. The number of hydrogen-bond donors (Lipinski definition) is 1. The van der Waals surface area contributed by atoms with Crippen LogP contribution in [0.5, 0.6) is 0 Å². The van der Waals surface area contributed by atoms with Crippen LogP contribution in [0.2, 0.25) is 0 Å². The summed E-state index contributed by atoms with van der Waals surface area (Å²) in [5.41, 5.74) is 1.36. The van der Waals surface area contributed by atoms with E-state index >= 15 is 0 Å². The van der Waals surface area contributed by atoms with Gasteiger partial charge in [-0.15, -0.1) is 0 Å². The lowest BCUT2D eigenvalue weighted by Gasteiger charge is -2.19.